The Bertz CT molecular complexity index is 1380. The average molecular weight is 475 g/mol. The van der Waals surface area contributed by atoms with Crippen LogP contribution in [-0.2, 0) is 23.2 Å². The number of methoxy groups -OCH3 is 2. The number of carbonyl (C=O) groups is 1. The van der Waals surface area contributed by atoms with Crippen LogP contribution in [0.4, 0.5) is 0 Å². The van der Waals surface area contributed by atoms with E-state index in [1.165, 1.54) is 5.56 Å². The summed E-state index contributed by atoms with van der Waals surface area (Å²) in [5.41, 5.74) is 3.59. The van der Waals surface area contributed by atoms with Gasteiger partial charge in [0.1, 0.15) is 6.04 Å². The molecule has 1 unspecified atom stereocenters. The van der Waals surface area contributed by atoms with E-state index in [0.29, 0.717) is 30.3 Å². The van der Waals surface area contributed by atoms with E-state index >= 15 is 0 Å². The van der Waals surface area contributed by atoms with Crippen molar-refractivity contribution < 1.29 is 14.3 Å². The number of hydrogen-bond donors (Lipinski definition) is 1. The van der Waals surface area contributed by atoms with Crippen molar-refractivity contribution in [2.75, 3.05) is 20.8 Å². The number of aromatic amines is 1. The minimum Gasteiger partial charge on any atom is -0.493 e. The van der Waals surface area contributed by atoms with Gasteiger partial charge in [0, 0.05) is 28.7 Å². The summed E-state index contributed by atoms with van der Waals surface area (Å²) in [5.74, 6) is 1.72. The smallest absolute Gasteiger partial charge is 0.229 e. The van der Waals surface area contributed by atoms with Crippen LogP contribution in [0.5, 0.6) is 11.5 Å². The lowest BCUT2D eigenvalue weighted by atomic mass is 10.00. The lowest BCUT2D eigenvalue weighted by molar-refractivity contribution is -0.132. The first-order valence-electron chi connectivity index (χ1n) is 11.7. The summed E-state index contributed by atoms with van der Waals surface area (Å²) in [5, 5.41) is 13.9. The number of para-hydroxylation sites is 2. The van der Waals surface area contributed by atoms with Gasteiger partial charge in [0.05, 0.1) is 26.2 Å². The number of ether oxygens (including phenoxy) is 2. The molecule has 0 radical (unpaired) electrons. The number of tetrazole rings is 1. The molecule has 5 rings (SSSR count). The zero-order valence-electron chi connectivity index (χ0n) is 20.7. The monoisotopic (exact) mass is 474 g/mol. The van der Waals surface area contributed by atoms with Gasteiger partial charge in [0.25, 0.3) is 0 Å². The van der Waals surface area contributed by atoms with E-state index in [4.69, 9.17) is 9.47 Å². The second kappa shape index (κ2) is 8.72. The van der Waals surface area contributed by atoms with E-state index in [1.54, 1.807) is 18.9 Å². The Morgan fingerprint density at radius 1 is 1.06 bits per heavy atom. The third-order valence-electron chi connectivity index (χ3n) is 6.57. The van der Waals surface area contributed by atoms with E-state index in [9.17, 15) is 4.79 Å². The molecule has 9 nitrogen and oxygen atoms in total. The second-order valence-corrected chi connectivity index (χ2v) is 9.75. The minimum absolute atomic E-state index is 0.00589. The highest BCUT2D eigenvalue weighted by molar-refractivity contribution is 5.88. The third-order valence-corrected chi connectivity index (χ3v) is 6.57. The van der Waals surface area contributed by atoms with Crippen LogP contribution >= 0.6 is 0 Å². The zero-order chi connectivity index (χ0) is 24.7. The summed E-state index contributed by atoms with van der Waals surface area (Å²) in [6, 6.07) is 13.3. The van der Waals surface area contributed by atoms with E-state index in [0.717, 1.165) is 22.2 Å². The summed E-state index contributed by atoms with van der Waals surface area (Å²) >= 11 is 0. The van der Waals surface area contributed by atoms with Crippen molar-refractivity contribution in [2.45, 2.75) is 45.2 Å². The molecule has 4 aromatic rings. The number of nitrogens with zero attached hydrogens (tertiary/aromatic N) is 5. The summed E-state index contributed by atoms with van der Waals surface area (Å²) in [4.78, 5) is 19.2. The van der Waals surface area contributed by atoms with Crippen LogP contribution in [0.2, 0.25) is 0 Å². The Labute approximate surface area is 204 Å². The van der Waals surface area contributed by atoms with Crippen LogP contribution in [0.3, 0.4) is 0 Å². The Balaban J connectivity index is 1.65. The molecule has 182 valence electrons. The summed E-state index contributed by atoms with van der Waals surface area (Å²) < 4.78 is 13.1. The van der Waals surface area contributed by atoms with Gasteiger partial charge in [-0.25, -0.2) is 4.68 Å². The number of amides is 1. The molecule has 3 heterocycles. The highest BCUT2D eigenvalue weighted by Crippen LogP contribution is 2.41. The Morgan fingerprint density at radius 3 is 2.60 bits per heavy atom. The summed E-state index contributed by atoms with van der Waals surface area (Å²) in [7, 11) is 3.21. The molecule has 0 aliphatic carbocycles. The Hall–Kier alpha value is -3.88. The van der Waals surface area contributed by atoms with Gasteiger partial charge in [-0.1, -0.05) is 30.3 Å². The molecule has 0 saturated carbocycles. The normalized spacial score (nSPS) is 15.1. The number of carbonyl (C=O) groups excluding carboxylic acids is 1. The SMILES string of the molecule is COc1cccc(C(c2nnnn2C(C)(C)C)N2CCc3c([nH]c4ccccc34)CC2=O)c1OC. The van der Waals surface area contributed by atoms with Gasteiger partial charge in [-0.15, -0.1) is 5.10 Å². The van der Waals surface area contributed by atoms with Gasteiger partial charge < -0.3 is 19.4 Å². The Kier molecular flexibility index (Phi) is 5.70. The first-order chi connectivity index (χ1) is 16.8. The van der Waals surface area contributed by atoms with Crippen LogP contribution < -0.4 is 9.47 Å². The largest absolute Gasteiger partial charge is 0.493 e. The maximum atomic E-state index is 13.8. The van der Waals surface area contributed by atoms with Crippen molar-refractivity contribution in [3.05, 3.63) is 65.1 Å². The fourth-order valence-electron chi connectivity index (χ4n) is 4.99. The average Bonchev–Trinajstić information content (AvgIpc) is 3.42. The molecular weight excluding hydrogens is 444 g/mol. The number of benzene rings is 2. The molecule has 1 amide bonds. The fraction of sp³-hybridized carbons (Fsp3) is 0.385. The maximum absolute atomic E-state index is 13.8. The summed E-state index contributed by atoms with van der Waals surface area (Å²) in [6.45, 7) is 6.62. The van der Waals surface area contributed by atoms with Crippen molar-refractivity contribution in [1.82, 2.24) is 30.1 Å². The molecule has 9 heteroatoms. The fourth-order valence-corrected chi connectivity index (χ4v) is 4.99. The van der Waals surface area contributed by atoms with E-state index < -0.39 is 11.6 Å². The van der Waals surface area contributed by atoms with Crippen molar-refractivity contribution in [1.29, 1.82) is 0 Å². The van der Waals surface area contributed by atoms with Crippen molar-refractivity contribution >= 4 is 16.8 Å². The highest BCUT2D eigenvalue weighted by Gasteiger charge is 2.38. The van der Waals surface area contributed by atoms with Gasteiger partial charge >= 0.3 is 0 Å². The molecule has 0 fully saturated rings. The van der Waals surface area contributed by atoms with Crippen LogP contribution in [-0.4, -0.2) is 56.8 Å². The molecule has 1 N–H and O–H groups in total. The number of hydrogen-bond acceptors (Lipinski definition) is 6. The van der Waals surface area contributed by atoms with Crippen LogP contribution in [0, 0.1) is 0 Å². The lowest BCUT2D eigenvalue weighted by Crippen LogP contribution is -2.40. The molecular formula is C26H30N6O3. The molecule has 0 spiro atoms. The van der Waals surface area contributed by atoms with Gasteiger partial charge in [0.15, 0.2) is 17.3 Å². The zero-order valence-corrected chi connectivity index (χ0v) is 20.7. The third kappa shape index (κ3) is 3.90. The molecule has 1 aliphatic rings. The topological polar surface area (TPSA) is 98.2 Å². The molecule has 1 aliphatic heterocycles. The van der Waals surface area contributed by atoms with Crippen LogP contribution in [0.25, 0.3) is 10.9 Å². The first-order valence-corrected chi connectivity index (χ1v) is 11.7. The molecule has 35 heavy (non-hydrogen) atoms. The Morgan fingerprint density at radius 2 is 1.86 bits per heavy atom. The van der Waals surface area contributed by atoms with Crippen molar-refractivity contribution in [3.8, 4) is 11.5 Å². The molecule has 0 bridgehead atoms. The molecule has 0 saturated heterocycles. The van der Waals surface area contributed by atoms with Crippen LogP contribution in [0.1, 0.15) is 49.5 Å². The quantitative estimate of drug-likeness (QED) is 0.474. The number of H-pyrrole nitrogens is 1. The molecule has 2 aromatic heterocycles. The number of fused-ring (bicyclic) bond motifs is 3. The predicted molar refractivity (Wildman–Crippen MR) is 132 cm³/mol. The van der Waals surface area contributed by atoms with E-state index in [1.807, 2.05) is 62.1 Å². The number of rotatable bonds is 5. The molecule has 2 aromatic carbocycles. The first kappa shape index (κ1) is 22.9. The van der Waals surface area contributed by atoms with Crippen molar-refractivity contribution in [3.63, 3.8) is 0 Å². The van der Waals surface area contributed by atoms with Gasteiger partial charge in [-0.05, 0) is 55.3 Å². The molecule has 1 atom stereocenters. The van der Waals surface area contributed by atoms with E-state index in [2.05, 4.69) is 26.6 Å². The standard InChI is InChI=1S/C26H30N6O3/c1-26(2,3)32-25(28-29-30-32)23(18-10-8-12-21(34-4)24(18)35-5)31-14-13-17-16-9-6-7-11-19(16)27-20(17)15-22(31)33/h6-12,23,27H,13-15H2,1-5H3. The van der Waals surface area contributed by atoms with Gasteiger partial charge in [-0.3, -0.25) is 4.79 Å². The predicted octanol–water partition coefficient (Wildman–Crippen LogP) is 3.64. The second-order valence-electron chi connectivity index (χ2n) is 9.75. The van der Waals surface area contributed by atoms with Gasteiger partial charge in [-0.2, -0.15) is 0 Å². The lowest BCUT2D eigenvalue weighted by Gasteiger charge is -2.33. The van der Waals surface area contributed by atoms with Crippen molar-refractivity contribution in [2.24, 2.45) is 0 Å². The summed E-state index contributed by atoms with van der Waals surface area (Å²) in [6.07, 6.45) is 0.981. The van der Waals surface area contributed by atoms with Crippen LogP contribution in [0.15, 0.2) is 42.5 Å². The highest BCUT2D eigenvalue weighted by atomic mass is 16.5. The number of aromatic nitrogens is 5. The van der Waals surface area contributed by atoms with Gasteiger partial charge in [0.2, 0.25) is 5.91 Å². The minimum atomic E-state index is -0.558. The van der Waals surface area contributed by atoms with E-state index in [-0.39, 0.29) is 12.3 Å². The maximum Gasteiger partial charge on any atom is 0.229 e. The number of nitrogens with one attached hydrogen (secondary N) is 1.